The third-order valence-electron chi connectivity index (χ3n) is 7.08. The third kappa shape index (κ3) is 6.53. The fourth-order valence-corrected chi connectivity index (χ4v) is 13.6. The first-order valence-electron chi connectivity index (χ1n) is 11.3. The second kappa shape index (κ2) is 9.25. The molecule has 2 unspecified atom stereocenters. The van der Waals surface area contributed by atoms with Gasteiger partial charge in [-0.1, -0.05) is 88.5 Å². The molecular formula is C22H46N2Si3. The van der Waals surface area contributed by atoms with Crippen molar-refractivity contribution < 1.29 is 0 Å². The first kappa shape index (κ1) is 23.3. The predicted octanol–water partition coefficient (Wildman–Crippen LogP) is 5.98. The van der Waals surface area contributed by atoms with Crippen LogP contribution in [0.1, 0.15) is 26.7 Å². The topological polar surface area (TPSA) is 6.48 Å². The quantitative estimate of drug-likeness (QED) is 0.514. The van der Waals surface area contributed by atoms with Crippen LogP contribution in [0.5, 0.6) is 0 Å². The summed E-state index contributed by atoms with van der Waals surface area (Å²) in [5, 5.41) is 0. The summed E-state index contributed by atoms with van der Waals surface area (Å²) >= 11 is 0. The van der Waals surface area contributed by atoms with Crippen molar-refractivity contribution in [2.24, 2.45) is 11.8 Å². The van der Waals surface area contributed by atoms with Crippen LogP contribution in [0.2, 0.25) is 51.4 Å². The molecule has 0 aliphatic carbocycles. The van der Waals surface area contributed by atoms with Crippen molar-refractivity contribution in [2.75, 3.05) is 26.2 Å². The van der Waals surface area contributed by atoms with Gasteiger partial charge in [0.2, 0.25) is 8.40 Å². The highest BCUT2D eigenvalue weighted by atomic mass is 28.3. The molecule has 0 saturated carbocycles. The third-order valence-corrected chi connectivity index (χ3v) is 16.4. The molecule has 0 saturated heterocycles. The van der Waals surface area contributed by atoms with E-state index in [1.807, 2.05) is 0 Å². The van der Waals surface area contributed by atoms with Crippen molar-refractivity contribution >= 4 is 24.5 Å². The molecule has 156 valence electrons. The van der Waals surface area contributed by atoms with E-state index in [0.717, 1.165) is 11.8 Å². The molecule has 0 spiro atoms. The number of nitrogens with zero attached hydrogens (tertiary/aromatic N) is 2. The van der Waals surface area contributed by atoms with Crippen LogP contribution in [-0.2, 0) is 0 Å². The minimum atomic E-state index is -1.62. The highest BCUT2D eigenvalue weighted by molar-refractivity contribution is 6.82. The van der Waals surface area contributed by atoms with E-state index in [0.29, 0.717) is 0 Å². The Morgan fingerprint density at radius 2 is 1.15 bits per heavy atom. The minimum Gasteiger partial charge on any atom is -0.308 e. The molecule has 27 heavy (non-hydrogen) atoms. The summed E-state index contributed by atoms with van der Waals surface area (Å²) in [6, 6.07) is 2.91. The molecule has 5 heteroatoms. The van der Waals surface area contributed by atoms with Crippen LogP contribution in [0.15, 0.2) is 23.6 Å². The largest absolute Gasteiger partial charge is 0.308 e. The Balaban J connectivity index is 2.23. The molecule has 2 aliphatic rings. The van der Waals surface area contributed by atoms with Gasteiger partial charge in [0.15, 0.2) is 0 Å². The van der Waals surface area contributed by atoms with Gasteiger partial charge < -0.3 is 9.13 Å². The second-order valence-electron chi connectivity index (χ2n) is 11.0. The van der Waals surface area contributed by atoms with Gasteiger partial charge >= 0.3 is 0 Å². The Bertz CT molecular complexity index is 494. The standard InChI is InChI=1S/C22H46N2Si3/c1-9-21-17-23(13-11-15-25(3,4)19-21)27(7,8)24-14-12-16-26(5,6)20-22(10-2)18-24/h11-12,15-16,21-22H,9-10,13-14,17-20H2,1-8H3/b15-11-,16-12-. The summed E-state index contributed by atoms with van der Waals surface area (Å²) < 4.78 is 5.82. The molecule has 0 bridgehead atoms. The van der Waals surface area contributed by atoms with Crippen LogP contribution in [0.25, 0.3) is 0 Å². The molecule has 2 aliphatic heterocycles. The van der Waals surface area contributed by atoms with Gasteiger partial charge in [-0.25, -0.2) is 0 Å². The van der Waals surface area contributed by atoms with E-state index in [9.17, 15) is 0 Å². The summed E-state index contributed by atoms with van der Waals surface area (Å²) in [7, 11) is -3.91. The van der Waals surface area contributed by atoms with E-state index < -0.39 is 24.5 Å². The summed E-state index contributed by atoms with van der Waals surface area (Å²) in [5.74, 6) is 1.75. The van der Waals surface area contributed by atoms with Gasteiger partial charge in [0.25, 0.3) is 0 Å². The van der Waals surface area contributed by atoms with Crippen LogP contribution in [-0.4, -0.2) is 59.9 Å². The van der Waals surface area contributed by atoms with E-state index in [-0.39, 0.29) is 0 Å². The lowest BCUT2D eigenvalue weighted by Crippen LogP contribution is -2.64. The molecule has 0 aromatic heterocycles. The Labute approximate surface area is 173 Å². The maximum atomic E-state index is 2.91. The maximum Gasteiger partial charge on any atom is 0.200 e. The lowest BCUT2D eigenvalue weighted by atomic mass is 10.1. The first-order valence-corrected chi connectivity index (χ1v) is 20.8. The maximum absolute atomic E-state index is 2.91. The Hall–Kier alpha value is 0.0506. The average Bonchev–Trinajstić information content (AvgIpc) is 2.53. The van der Waals surface area contributed by atoms with Crippen LogP contribution in [0.4, 0.5) is 0 Å². The van der Waals surface area contributed by atoms with Gasteiger partial charge in [0.1, 0.15) is 0 Å². The number of rotatable bonds is 4. The summed E-state index contributed by atoms with van der Waals surface area (Å²) in [4.78, 5) is 0. The van der Waals surface area contributed by atoms with Crippen LogP contribution < -0.4 is 0 Å². The summed E-state index contributed by atoms with van der Waals surface area (Å²) in [5.41, 5.74) is 5.26. The predicted molar refractivity (Wildman–Crippen MR) is 131 cm³/mol. The average molecular weight is 423 g/mol. The van der Waals surface area contributed by atoms with Crippen LogP contribution in [0, 0.1) is 11.8 Å². The minimum absolute atomic E-state index is 0.877. The van der Waals surface area contributed by atoms with Crippen LogP contribution >= 0.6 is 0 Å². The highest BCUT2D eigenvalue weighted by Gasteiger charge is 2.39. The van der Waals surface area contributed by atoms with E-state index in [1.165, 1.54) is 51.1 Å². The van der Waals surface area contributed by atoms with Gasteiger partial charge in [0.05, 0.1) is 16.1 Å². The monoisotopic (exact) mass is 422 g/mol. The molecule has 0 aromatic rings. The highest BCUT2D eigenvalue weighted by Crippen LogP contribution is 2.30. The van der Waals surface area contributed by atoms with Crippen molar-refractivity contribution in [1.29, 1.82) is 0 Å². The zero-order valence-electron chi connectivity index (χ0n) is 19.5. The Morgan fingerprint density at radius 1 is 0.778 bits per heavy atom. The fourth-order valence-electron chi connectivity index (χ4n) is 5.16. The molecule has 2 nitrogen and oxygen atoms in total. The molecule has 2 heterocycles. The fraction of sp³-hybridized carbons (Fsp3) is 0.818. The Kier molecular flexibility index (Phi) is 7.99. The molecule has 0 aromatic carbocycles. The van der Waals surface area contributed by atoms with Gasteiger partial charge in [-0.05, 0) is 38.0 Å². The summed E-state index contributed by atoms with van der Waals surface area (Å²) in [6.45, 7) is 25.2. The normalized spacial score (nSPS) is 32.7. The van der Waals surface area contributed by atoms with Crippen molar-refractivity contribution in [3.05, 3.63) is 23.6 Å². The lowest BCUT2D eigenvalue weighted by molar-refractivity contribution is 0.294. The van der Waals surface area contributed by atoms with Crippen molar-refractivity contribution in [3.8, 4) is 0 Å². The molecule has 2 rings (SSSR count). The molecule has 0 amide bonds. The molecule has 0 radical (unpaired) electrons. The number of hydrogen-bond donors (Lipinski definition) is 0. The SMILES string of the molecule is CCC1CN([Si](C)(C)N2C/C=C\[Si](C)(C)CC(CC)C2)C/C=C\[Si](C)(C)C1. The number of hydrogen-bond acceptors (Lipinski definition) is 2. The van der Waals surface area contributed by atoms with E-state index in [2.05, 4.69) is 85.8 Å². The molecular weight excluding hydrogens is 377 g/mol. The Morgan fingerprint density at radius 3 is 1.48 bits per heavy atom. The van der Waals surface area contributed by atoms with Gasteiger partial charge in [-0.2, -0.15) is 0 Å². The zero-order valence-corrected chi connectivity index (χ0v) is 22.5. The van der Waals surface area contributed by atoms with E-state index in [1.54, 1.807) is 0 Å². The van der Waals surface area contributed by atoms with Crippen molar-refractivity contribution in [3.63, 3.8) is 0 Å². The van der Waals surface area contributed by atoms with Gasteiger partial charge in [-0.15, -0.1) is 0 Å². The zero-order chi connectivity index (χ0) is 20.3. The summed E-state index contributed by atoms with van der Waals surface area (Å²) in [6.07, 6.45) is 7.73. The van der Waals surface area contributed by atoms with Gasteiger partial charge in [0, 0.05) is 13.1 Å². The molecule has 2 atom stereocenters. The molecule has 0 fully saturated rings. The first-order chi connectivity index (χ1) is 12.5. The lowest BCUT2D eigenvalue weighted by Gasteiger charge is -2.48. The molecule has 0 N–H and O–H groups in total. The van der Waals surface area contributed by atoms with Crippen molar-refractivity contribution in [1.82, 2.24) is 9.13 Å². The van der Waals surface area contributed by atoms with E-state index in [4.69, 9.17) is 0 Å². The van der Waals surface area contributed by atoms with Crippen LogP contribution in [0.3, 0.4) is 0 Å². The second-order valence-corrected chi connectivity index (χ2v) is 24.7. The smallest absolute Gasteiger partial charge is 0.200 e. The van der Waals surface area contributed by atoms with E-state index >= 15 is 0 Å². The van der Waals surface area contributed by atoms with Gasteiger partial charge in [-0.3, -0.25) is 0 Å². The van der Waals surface area contributed by atoms with Crippen molar-refractivity contribution in [2.45, 2.75) is 78.1 Å².